The number of fused-ring (bicyclic) bond motifs is 12. The van der Waals surface area contributed by atoms with E-state index in [0.29, 0.717) is 17.5 Å². The number of para-hydroxylation sites is 4. The maximum absolute atomic E-state index is 5.33. The number of hydrogen-bond acceptors (Lipinski definition) is 4. The van der Waals surface area contributed by atoms with E-state index in [-0.39, 0.29) is 0 Å². The molecule has 0 saturated heterocycles. The van der Waals surface area contributed by atoms with E-state index in [4.69, 9.17) is 19.9 Å². The lowest BCUT2D eigenvalue weighted by molar-refractivity contribution is 1.07. The van der Waals surface area contributed by atoms with Gasteiger partial charge in [-0.3, -0.25) is 4.40 Å². The first kappa shape index (κ1) is 32.3. The Bertz CT molecular complexity index is 3490. The van der Waals surface area contributed by atoms with Gasteiger partial charge < -0.3 is 4.57 Å². The SMILES string of the molecule is c1ccc(-c2nc(-c3ccccc3)nc(-c3ccc(-c4cccc(-n5c6ccccc6c6ccc7c8ccccc8n8c9ccccc9nc8c7c65)c4)cc3)n2)cc1. The van der Waals surface area contributed by atoms with Gasteiger partial charge in [0.15, 0.2) is 17.5 Å². The summed E-state index contributed by atoms with van der Waals surface area (Å²) in [6, 6.07) is 68.0. The topological polar surface area (TPSA) is 60.9 Å². The van der Waals surface area contributed by atoms with Crippen molar-refractivity contribution in [1.29, 1.82) is 0 Å². The first-order valence-corrected chi connectivity index (χ1v) is 19.5. The average Bonchev–Trinajstić information content (AvgIpc) is 3.86. The van der Waals surface area contributed by atoms with Gasteiger partial charge >= 0.3 is 0 Å². The predicted molar refractivity (Wildman–Crippen MR) is 237 cm³/mol. The zero-order chi connectivity index (χ0) is 38.2. The summed E-state index contributed by atoms with van der Waals surface area (Å²) in [7, 11) is 0. The van der Waals surface area contributed by atoms with E-state index in [0.717, 1.165) is 72.1 Å². The van der Waals surface area contributed by atoms with Crippen LogP contribution in [0.15, 0.2) is 194 Å². The van der Waals surface area contributed by atoms with Gasteiger partial charge in [-0.1, -0.05) is 158 Å². The molecule has 6 heteroatoms. The number of pyridine rings is 1. The molecular weight excluding hydrogens is 709 g/mol. The predicted octanol–water partition coefficient (Wildman–Crippen LogP) is 12.7. The Kier molecular flexibility index (Phi) is 7.13. The van der Waals surface area contributed by atoms with Crippen LogP contribution in [0, 0.1) is 0 Å². The number of aromatic nitrogens is 6. The molecule has 6 nitrogen and oxygen atoms in total. The van der Waals surface area contributed by atoms with E-state index in [9.17, 15) is 0 Å². The van der Waals surface area contributed by atoms with Gasteiger partial charge in [-0.05, 0) is 52.9 Å². The summed E-state index contributed by atoms with van der Waals surface area (Å²) in [5, 5.41) is 5.93. The summed E-state index contributed by atoms with van der Waals surface area (Å²) < 4.78 is 4.77. The maximum atomic E-state index is 5.33. The van der Waals surface area contributed by atoms with Gasteiger partial charge in [-0.15, -0.1) is 0 Å². The van der Waals surface area contributed by atoms with Crippen LogP contribution in [0.25, 0.3) is 111 Å². The second-order valence-corrected chi connectivity index (χ2v) is 14.7. The van der Waals surface area contributed by atoms with Gasteiger partial charge in [0.2, 0.25) is 0 Å². The van der Waals surface area contributed by atoms with Crippen LogP contribution in [0.3, 0.4) is 0 Å². The van der Waals surface area contributed by atoms with Crippen LogP contribution in [0.2, 0.25) is 0 Å². The highest BCUT2D eigenvalue weighted by molar-refractivity contribution is 6.27. The minimum Gasteiger partial charge on any atom is -0.308 e. The largest absolute Gasteiger partial charge is 0.308 e. The fraction of sp³-hybridized carbons (Fsp3) is 0. The molecule has 270 valence electrons. The summed E-state index contributed by atoms with van der Waals surface area (Å²) in [5.41, 5.74) is 12.6. The highest BCUT2D eigenvalue weighted by atomic mass is 15.0. The Balaban J connectivity index is 1.04. The lowest BCUT2D eigenvalue weighted by Crippen LogP contribution is -2.00. The summed E-state index contributed by atoms with van der Waals surface area (Å²) >= 11 is 0. The monoisotopic (exact) mass is 740 g/mol. The van der Waals surface area contributed by atoms with Gasteiger partial charge in [0, 0.05) is 38.5 Å². The zero-order valence-electron chi connectivity index (χ0n) is 31.2. The third kappa shape index (κ3) is 4.98. The Labute approximate surface area is 333 Å². The third-order valence-electron chi connectivity index (χ3n) is 11.3. The van der Waals surface area contributed by atoms with Crippen LogP contribution in [-0.4, -0.2) is 28.9 Å². The normalized spacial score (nSPS) is 11.8. The summed E-state index contributed by atoms with van der Waals surface area (Å²) in [6.07, 6.45) is 0. The molecule has 0 aliphatic carbocycles. The summed E-state index contributed by atoms with van der Waals surface area (Å²) in [5.74, 6) is 1.93. The average molecular weight is 741 g/mol. The minimum atomic E-state index is 0.635. The number of rotatable bonds is 5. The Hall–Kier alpha value is -7.96. The summed E-state index contributed by atoms with van der Waals surface area (Å²) in [6.45, 7) is 0. The van der Waals surface area contributed by atoms with Gasteiger partial charge in [0.05, 0.1) is 33.0 Å². The van der Waals surface area contributed by atoms with Crippen molar-refractivity contribution in [2.24, 2.45) is 0 Å². The van der Waals surface area contributed by atoms with Gasteiger partial charge in [-0.2, -0.15) is 0 Å². The highest BCUT2D eigenvalue weighted by Gasteiger charge is 2.21. The number of nitrogens with zero attached hydrogens (tertiary/aromatic N) is 6. The highest BCUT2D eigenvalue weighted by Crippen LogP contribution is 2.42. The van der Waals surface area contributed by atoms with Crippen molar-refractivity contribution >= 4 is 60.2 Å². The molecule has 0 spiro atoms. The standard InChI is InChI=1S/C52H32N6/c1-3-14-34(15-4-1)49-54-50(35-16-5-2-6-17-35)56-51(55-49)36-28-26-33(27-29-36)37-18-13-19-38(32-37)57-44-23-10-8-21-40(44)42-31-30-41-39-20-7-11-24-45(39)58-46-25-12-9-22-43(46)53-52(58)47(41)48(42)57/h1-32H. The van der Waals surface area contributed by atoms with Crippen LogP contribution >= 0.6 is 0 Å². The van der Waals surface area contributed by atoms with Gasteiger partial charge in [-0.25, -0.2) is 19.9 Å². The van der Waals surface area contributed by atoms with E-state index in [1.54, 1.807) is 0 Å². The Morgan fingerprint density at radius 2 is 0.845 bits per heavy atom. The van der Waals surface area contributed by atoms with Crippen molar-refractivity contribution in [1.82, 2.24) is 28.9 Å². The van der Waals surface area contributed by atoms with Crippen LogP contribution < -0.4 is 0 Å². The molecule has 0 bridgehead atoms. The smallest absolute Gasteiger partial charge is 0.164 e. The number of benzene rings is 8. The molecule has 0 fully saturated rings. The molecule has 58 heavy (non-hydrogen) atoms. The molecule has 8 aromatic carbocycles. The molecule has 4 heterocycles. The molecule has 12 rings (SSSR count). The van der Waals surface area contributed by atoms with Crippen molar-refractivity contribution in [2.75, 3.05) is 0 Å². The number of imidazole rings is 1. The maximum Gasteiger partial charge on any atom is 0.164 e. The van der Waals surface area contributed by atoms with Crippen molar-refractivity contribution in [3.8, 4) is 51.0 Å². The molecule has 0 atom stereocenters. The lowest BCUT2D eigenvalue weighted by Gasteiger charge is -2.14. The van der Waals surface area contributed by atoms with Crippen molar-refractivity contribution in [3.63, 3.8) is 0 Å². The van der Waals surface area contributed by atoms with Crippen molar-refractivity contribution in [2.45, 2.75) is 0 Å². The first-order chi connectivity index (χ1) is 28.8. The molecule has 12 aromatic rings. The van der Waals surface area contributed by atoms with Crippen LogP contribution in [0.5, 0.6) is 0 Å². The molecule has 0 aliphatic heterocycles. The molecular formula is C52H32N6. The first-order valence-electron chi connectivity index (χ1n) is 19.5. The fourth-order valence-electron chi connectivity index (χ4n) is 8.68. The summed E-state index contributed by atoms with van der Waals surface area (Å²) in [4.78, 5) is 20.1. The molecule has 0 N–H and O–H groups in total. The van der Waals surface area contributed by atoms with Gasteiger partial charge in [0.1, 0.15) is 5.65 Å². The van der Waals surface area contributed by atoms with Gasteiger partial charge in [0.25, 0.3) is 0 Å². The third-order valence-corrected chi connectivity index (χ3v) is 11.3. The van der Waals surface area contributed by atoms with E-state index in [1.165, 1.54) is 21.5 Å². The van der Waals surface area contributed by atoms with Crippen molar-refractivity contribution in [3.05, 3.63) is 194 Å². The Morgan fingerprint density at radius 1 is 0.328 bits per heavy atom. The fourth-order valence-corrected chi connectivity index (χ4v) is 8.68. The molecule has 0 unspecified atom stereocenters. The lowest BCUT2D eigenvalue weighted by atomic mass is 10.0. The Morgan fingerprint density at radius 3 is 1.53 bits per heavy atom. The zero-order valence-corrected chi connectivity index (χ0v) is 31.2. The molecule has 0 radical (unpaired) electrons. The van der Waals surface area contributed by atoms with E-state index >= 15 is 0 Å². The quantitative estimate of drug-likeness (QED) is 0.165. The second-order valence-electron chi connectivity index (χ2n) is 14.7. The molecule has 0 aliphatic rings. The van der Waals surface area contributed by atoms with E-state index in [1.807, 2.05) is 60.7 Å². The number of hydrogen-bond donors (Lipinski definition) is 0. The van der Waals surface area contributed by atoms with E-state index < -0.39 is 0 Å². The van der Waals surface area contributed by atoms with Crippen molar-refractivity contribution < 1.29 is 0 Å². The molecule has 4 aromatic heterocycles. The van der Waals surface area contributed by atoms with Crippen LogP contribution in [-0.2, 0) is 0 Å². The molecule has 0 amide bonds. The van der Waals surface area contributed by atoms with E-state index in [2.05, 4.69) is 142 Å². The van der Waals surface area contributed by atoms with Crippen LogP contribution in [0.4, 0.5) is 0 Å². The van der Waals surface area contributed by atoms with Crippen LogP contribution in [0.1, 0.15) is 0 Å². The second kappa shape index (κ2) is 12.8. The minimum absolute atomic E-state index is 0.635. The molecule has 0 saturated carbocycles.